The van der Waals surface area contributed by atoms with E-state index in [2.05, 4.69) is 0 Å². The second kappa shape index (κ2) is 8.71. The van der Waals surface area contributed by atoms with Crippen LogP contribution in [0.5, 0.6) is 0 Å². The molecule has 0 unspecified atom stereocenters. The number of rotatable bonds is 8. The molecule has 0 aliphatic rings. The van der Waals surface area contributed by atoms with Gasteiger partial charge in [-0.3, -0.25) is 19.7 Å². The van der Waals surface area contributed by atoms with Crippen molar-refractivity contribution >= 4 is 17.4 Å². The fourth-order valence-corrected chi connectivity index (χ4v) is 1.99. The standard InChI is InChI=1S/C16H20N2O4/c1-3-10-17(11-4-2)16(20)9-8-15(19)13-6-5-7-14(12-13)18(21)22/h5-9,12H,3-4,10-11H2,1-2H3/b9-8+. The Bertz CT molecular complexity index is 575. The predicted molar refractivity (Wildman–Crippen MR) is 83.7 cm³/mol. The monoisotopic (exact) mass is 304 g/mol. The molecule has 118 valence electrons. The molecule has 0 fully saturated rings. The van der Waals surface area contributed by atoms with Gasteiger partial charge in [-0.25, -0.2) is 0 Å². The first-order chi connectivity index (χ1) is 10.5. The molecule has 0 saturated heterocycles. The van der Waals surface area contributed by atoms with Crippen molar-refractivity contribution in [2.24, 2.45) is 0 Å². The summed E-state index contributed by atoms with van der Waals surface area (Å²) in [5.74, 6) is -0.646. The van der Waals surface area contributed by atoms with E-state index in [-0.39, 0.29) is 17.2 Å². The van der Waals surface area contributed by atoms with Gasteiger partial charge in [-0.1, -0.05) is 26.0 Å². The van der Waals surface area contributed by atoms with E-state index < -0.39 is 10.7 Å². The topological polar surface area (TPSA) is 80.5 Å². The van der Waals surface area contributed by atoms with Gasteiger partial charge in [0.1, 0.15) is 0 Å². The average molecular weight is 304 g/mol. The highest BCUT2D eigenvalue weighted by Gasteiger charge is 2.11. The highest BCUT2D eigenvalue weighted by molar-refractivity contribution is 6.07. The van der Waals surface area contributed by atoms with E-state index in [1.165, 1.54) is 36.4 Å². The molecule has 0 aliphatic carbocycles. The molecule has 1 aromatic rings. The number of ketones is 1. The van der Waals surface area contributed by atoms with Crippen LogP contribution in [0.3, 0.4) is 0 Å². The van der Waals surface area contributed by atoms with Crippen LogP contribution in [0.4, 0.5) is 5.69 Å². The molecule has 0 saturated carbocycles. The molecular weight excluding hydrogens is 284 g/mol. The summed E-state index contributed by atoms with van der Waals surface area (Å²) in [6.07, 6.45) is 4.09. The number of nitrogens with zero attached hydrogens (tertiary/aromatic N) is 2. The molecular formula is C16H20N2O4. The Morgan fingerprint density at radius 1 is 1.18 bits per heavy atom. The SMILES string of the molecule is CCCN(CCC)C(=O)/C=C/C(=O)c1cccc([N+](=O)[O-])c1. The van der Waals surface area contributed by atoms with E-state index >= 15 is 0 Å². The maximum atomic E-state index is 12.0. The lowest BCUT2D eigenvalue weighted by atomic mass is 10.1. The molecule has 0 radical (unpaired) electrons. The molecule has 6 heteroatoms. The number of hydrogen-bond donors (Lipinski definition) is 0. The van der Waals surface area contributed by atoms with Gasteiger partial charge < -0.3 is 4.90 Å². The van der Waals surface area contributed by atoms with E-state index in [9.17, 15) is 19.7 Å². The zero-order valence-electron chi connectivity index (χ0n) is 12.8. The summed E-state index contributed by atoms with van der Waals surface area (Å²) in [6.45, 7) is 5.24. The molecule has 1 rings (SSSR count). The molecule has 0 bridgehead atoms. The van der Waals surface area contributed by atoms with E-state index in [1.807, 2.05) is 13.8 Å². The number of carbonyl (C=O) groups is 2. The molecule has 1 aromatic carbocycles. The minimum Gasteiger partial charge on any atom is -0.339 e. The Labute approximate surface area is 129 Å². The fraction of sp³-hybridized carbons (Fsp3) is 0.375. The van der Waals surface area contributed by atoms with E-state index in [4.69, 9.17) is 0 Å². The van der Waals surface area contributed by atoms with Gasteiger partial charge in [0, 0.05) is 36.9 Å². The molecule has 0 heterocycles. The van der Waals surface area contributed by atoms with Crippen molar-refractivity contribution < 1.29 is 14.5 Å². The van der Waals surface area contributed by atoms with Gasteiger partial charge in [-0.15, -0.1) is 0 Å². The van der Waals surface area contributed by atoms with Crippen molar-refractivity contribution in [2.45, 2.75) is 26.7 Å². The Hall–Kier alpha value is -2.50. The third kappa shape index (κ3) is 5.12. The van der Waals surface area contributed by atoms with Crippen molar-refractivity contribution in [3.05, 3.63) is 52.1 Å². The van der Waals surface area contributed by atoms with Crippen molar-refractivity contribution in [3.8, 4) is 0 Å². The van der Waals surface area contributed by atoms with Crippen LogP contribution < -0.4 is 0 Å². The zero-order chi connectivity index (χ0) is 16.5. The normalized spacial score (nSPS) is 10.6. The van der Waals surface area contributed by atoms with E-state index in [0.717, 1.165) is 12.8 Å². The number of hydrogen-bond acceptors (Lipinski definition) is 4. The summed E-state index contributed by atoms with van der Waals surface area (Å²) in [6, 6.07) is 5.45. The first-order valence-electron chi connectivity index (χ1n) is 7.25. The third-order valence-corrected chi connectivity index (χ3v) is 3.02. The minimum absolute atomic E-state index is 0.149. The van der Waals surface area contributed by atoms with Crippen LogP contribution in [0.2, 0.25) is 0 Å². The van der Waals surface area contributed by atoms with Crippen LogP contribution in [0, 0.1) is 10.1 Å². The van der Waals surface area contributed by atoms with Crippen LogP contribution in [0.15, 0.2) is 36.4 Å². The maximum Gasteiger partial charge on any atom is 0.270 e. The maximum absolute atomic E-state index is 12.0. The van der Waals surface area contributed by atoms with Crippen molar-refractivity contribution in [1.29, 1.82) is 0 Å². The van der Waals surface area contributed by atoms with Crippen molar-refractivity contribution in [3.63, 3.8) is 0 Å². The lowest BCUT2D eigenvalue weighted by Gasteiger charge is -2.19. The molecule has 22 heavy (non-hydrogen) atoms. The lowest BCUT2D eigenvalue weighted by Crippen LogP contribution is -2.31. The molecule has 0 N–H and O–H groups in total. The van der Waals surface area contributed by atoms with E-state index in [1.54, 1.807) is 4.90 Å². The molecule has 6 nitrogen and oxygen atoms in total. The van der Waals surface area contributed by atoms with Gasteiger partial charge in [0.15, 0.2) is 5.78 Å². The van der Waals surface area contributed by atoms with Gasteiger partial charge in [0.05, 0.1) is 4.92 Å². The first-order valence-corrected chi connectivity index (χ1v) is 7.25. The average Bonchev–Trinajstić information content (AvgIpc) is 2.52. The summed E-state index contributed by atoms with van der Waals surface area (Å²) in [4.78, 5) is 35.8. The number of non-ortho nitro benzene ring substituents is 1. The molecule has 0 aliphatic heterocycles. The first kappa shape index (κ1) is 17.6. The van der Waals surface area contributed by atoms with Gasteiger partial charge >= 0.3 is 0 Å². The molecule has 0 aromatic heterocycles. The number of allylic oxidation sites excluding steroid dienone is 1. The summed E-state index contributed by atoms with van der Waals surface area (Å²) < 4.78 is 0. The number of nitro benzene ring substituents is 1. The third-order valence-electron chi connectivity index (χ3n) is 3.02. The van der Waals surface area contributed by atoms with Gasteiger partial charge in [0.25, 0.3) is 5.69 Å². The smallest absolute Gasteiger partial charge is 0.270 e. The van der Waals surface area contributed by atoms with Crippen LogP contribution in [0.1, 0.15) is 37.0 Å². The Morgan fingerprint density at radius 2 is 1.82 bits per heavy atom. The quantitative estimate of drug-likeness (QED) is 0.320. The molecule has 1 amide bonds. The van der Waals surface area contributed by atoms with Crippen LogP contribution in [0.25, 0.3) is 0 Å². The lowest BCUT2D eigenvalue weighted by molar-refractivity contribution is -0.384. The van der Waals surface area contributed by atoms with Crippen molar-refractivity contribution in [2.75, 3.05) is 13.1 Å². The van der Waals surface area contributed by atoms with Gasteiger partial charge in [0.2, 0.25) is 5.91 Å². The Balaban J connectivity index is 2.80. The summed E-state index contributed by atoms with van der Waals surface area (Å²) in [5.41, 5.74) is 0.0416. The minimum atomic E-state index is -0.560. The highest BCUT2D eigenvalue weighted by Crippen LogP contribution is 2.13. The van der Waals surface area contributed by atoms with Crippen molar-refractivity contribution in [1.82, 2.24) is 4.90 Å². The zero-order valence-corrected chi connectivity index (χ0v) is 12.8. The highest BCUT2D eigenvalue weighted by atomic mass is 16.6. The summed E-state index contributed by atoms with van der Waals surface area (Å²) in [7, 11) is 0. The summed E-state index contributed by atoms with van der Waals surface area (Å²) >= 11 is 0. The largest absolute Gasteiger partial charge is 0.339 e. The summed E-state index contributed by atoms with van der Waals surface area (Å²) in [5, 5.41) is 10.7. The second-order valence-corrected chi connectivity index (χ2v) is 4.83. The van der Waals surface area contributed by atoms with E-state index in [0.29, 0.717) is 13.1 Å². The number of benzene rings is 1. The van der Waals surface area contributed by atoms with Crippen LogP contribution in [-0.2, 0) is 4.79 Å². The van der Waals surface area contributed by atoms with Gasteiger partial charge in [-0.05, 0) is 18.9 Å². The van der Waals surface area contributed by atoms with Crippen LogP contribution in [-0.4, -0.2) is 34.6 Å². The number of amides is 1. The Kier molecular flexibility index (Phi) is 6.95. The number of carbonyl (C=O) groups excluding carboxylic acids is 2. The predicted octanol–water partition coefficient (Wildman–Crippen LogP) is 2.98. The molecule has 0 atom stereocenters. The second-order valence-electron chi connectivity index (χ2n) is 4.83. The molecule has 0 spiro atoms. The van der Waals surface area contributed by atoms with Gasteiger partial charge in [-0.2, -0.15) is 0 Å². The number of nitro groups is 1. The fourth-order valence-electron chi connectivity index (χ4n) is 1.99. The Morgan fingerprint density at radius 3 is 2.36 bits per heavy atom. The van der Waals surface area contributed by atoms with Crippen LogP contribution >= 0.6 is 0 Å².